The molecule has 2 N–H and O–H groups in total. The van der Waals surface area contributed by atoms with E-state index < -0.39 is 12.1 Å². The van der Waals surface area contributed by atoms with E-state index in [0.29, 0.717) is 11.4 Å². The van der Waals surface area contributed by atoms with E-state index >= 15 is 0 Å². The second-order valence-electron chi connectivity index (χ2n) is 4.34. The third kappa shape index (κ3) is 5.09. The van der Waals surface area contributed by atoms with E-state index in [4.69, 9.17) is 9.84 Å². The number of rotatable bonds is 5. The van der Waals surface area contributed by atoms with Gasteiger partial charge in [0, 0.05) is 12.3 Å². The Hall–Kier alpha value is -3.15. The van der Waals surface area contributed by atoms with E-state index in [1.165, 1.54) is 12.3 Å². The number of pyridine rings is 1. The van der Waals surface area contributed by atoms with E-state index in [-0.39, 0.29) is 6.61 Å². The number of anilines is 1. The summed E-state index contributed by atoms with van der Waals surface area (Å²) in [6, 6.07) is 12.5. The molecule has 1 aromatic carbocycles. The van der Waals surface area contributed by atoms with Crippen molar-refractivity contribution in [2.24, 2.45) is 0 Å². The number of carbonyl (C=O) groups excluding carboxylic acids is 1. The van der Waals surface area contributed by atoms with Crippen molar-refractivity contribution in [1.82, 2.24) is 4.98 Å². The Morgan fingerprint density at radius 1 is 1.18 bits per heavy atom. The van der Waals surface area contributed by atoms with Crippen molar-refractivity contribution in [3.63, 3.8) is 0 Å². The quantitative estimate of drug-likeness (QED) is 0.828. The minimum atomic E-state index is -1.04. The number of hydrogen-bond acceptors (Lipinski definition) is 4. The molecule has 0 radical (unpaired) electrons. The lowest BCUT2D eigenvalue weighted by atomic mass is 10.2. The maximum absolute atomic E-state index is 11.6. The van der Waals surface area contributed by atoms with Gasteiger partial charge in [0.05, 0.1) is 0 Å². The molecule has 0 atom stereocenters. The lowest BCUT2D eigenvalue weighted by Gasteiger charge is -2.06. The molecular formula is C16H14N2O4. The number of aromatic nitrogens is 1. The summed E-state index contributed by atoms with van der Waals surface area (Å²) in [7, 11) is 0. The van der Waals surface area contributed by atoms with Gasteiger partial charge in [-0.2, -0.15) is 0 Å². The van der Waals surface area contributed by atoms with Gasteiger partial charge in [-0.15, -0.1) is 0 Å². The first-order valence-corrected chi connectivity index (χ1v) is 6.48. The second kappa shape index (κ2) is 7.58. The van der Waals surface area contributed by atoms with Crippen molar-refractivity contribution in [3.8, 4) is 0 Å². The van der Waals surface area contributed by atoms with Crippen molar-refractivity contribution in [2.45, 2.75) is 6.61 Å². The van der Waals surface area contributed by atoms with Crippen LogP contribution in [0.15, 0.2) is 54.7 Å². The van der Waals surface area contributed by atoms with Crippen LogP contribution in [-0.4, -0.2) is 22.2 Å². The number of nitrogens with one attached hydrogen (secondary N) is 1. The lowest BCUT2D eigenvalue weighted by molar-refractivity contribution is -0.131. The van der Waals surface area contributed by atoms with Crippen molar-refractivity contribution in [2.75, 3.05) is 5.32 Å². The summed E-state index contributed by atoms with van der Waals surface area (Å²) in [6.07, 6.45) is 3.27. The molecule has 2 rings (SSSR count). The van der Waals surface area contributed by atoms with Crippen LogP contribution in [0.1, 0.15) is 11.1 Å². The summed E-state index contributed by atoms with van der Waals surface area (Å²) < 4.78 is 5.06. The van der Waals surface area contributed by atoms with E-state index in [1.54, 1.807) is 12.1 Å². The van der Waals surface area contributed by atoms with Crippen LogP contribution >= 0.6 is 0 Å². The Balaban J connectivity index is 1.85. The number of ether oxygens (including phenoxy) is 1. The number of nitrogens with zero attached hydrogens (tertiary/aromatic N) is 1. The van der Waals surface area contributed by atoms with Crippen molar-refractivity contribution < 1.29 is 19.4 Å². The molecule has 6 nitrogen and oxygen atoms in total. The van der Waals surface area contributed by atoms with Crippen LogP contribution in [0.4, 0.5) is 10.6 Å². The normalized spacial score (nSPS) is 10.4. The van der Waals surface area contributed by atoms with Gasteiger partial charge < -0.3 is 9.84 Å². The molecule has 0 aliphatic carbocycles. The molecule has 0 aliphatic heterocycles. The molecule has 0 saturated carbocycles. The highest BCUT2D eigenvalue weighted by Gasteiger charge is 2.04. The van der Waals surface area contributed by atoms with Crippen LogP contribution in [0.5, 0.6) is 0 Å². The summed E-state index contributed by atoms with van der Waals surface area (Å²) >= 11 is 0. The molecule has 0 spiro atoms. The minimum Gasteiger partial charge on any atom is -0.478 e. The molecule has 112 valence electrons. The van der Waals surface area contributed by atoms with E-state index in [2.05, 4.69) is 10.3 Å². The molecule has 0 fully saturated rings. The number of carboxylic acid groups (broad SMARTS) is 1. The molecule has 1 heterocycles. The Morgan fingerprint density at radius 3 is 2.59 bits per heavy atom. The summed E-state index contributed by atoms with van der Waals surface area (Å²) in [5.41, 5.74) is 1.50. The fraction of sp³-hybridized carbons (Fsp3) is 0.0625. The minimum absolute atomic E-state index is 0.173. The van der Waals surface area contributed by atoms with E-state index in [0.717, 1.165) is 11.6 Å². The zero-order chi connectivity index (χ0) is 15.8. The number of amides is 1. The Bertz CT molecular complexity index is 666. The van der Waals surface area contributed by atoms with Crippen LogP contribution in [-0.2, 0) is 16.1 Å². The SMILES string of the molecule is O=C(O)/C=C/c1ccc(NC(=O)OCc2ccccc2)nc1. The zero-order valence-electron chi connectivity index (χ0n) is 11.6. The smallest absolute Gasteiger partial charge is 0.413 e. The largest absolute Gasteiger partial charge is 0.478 e. The van der Waals surface area contributed by atoms with Gasteiger partial charge in [0.25, 0.3) is 0 Å². The fourth-order valence-corrected chi connectivity index (χ4v) is 1.61. The van der Waals surface area contributed by atoms with Crippen LogP contribution in [0.3, 0.4) is 0 Å². The molecule has 0 unspecified atom stereocenters. The van der Waals surface area contributed by atoms with Crippen molar-refractivity contribution in [3.05, 3.63) is 65.9 Å². The van der Waals surface area contributed by atoms with Crippen LogP contribution in [0.25, 0.3) is 6.08 Å². The molecule has 1 aromatic heterocycles. The number of carboxylic acids is 1. The molecule has 1 amide bonds. The van der Waals surface area contributed by atoms with Gasteiger partial charge in [-0.05, 0) is 29.3 Å². The molecule has 0 aliphatic rings. The third-order valence-electron chi connectivity index (χ3n) is 2.65. The zero-order valence-corrected chi connectivity index (χ0v) is 11.6. The van der Waals surface area contributed by atoms with Gasteiger partial charge in [-0.25, -0.2) is 14.6 Å². The second-order valence-corrected chi connectivity index (χ2v) is 4.34. The Kier molecular flexibility index (Phi) is 5.25. The summed E-state index contributed by atoms with van der Waals surface area (Å²) in [6.45, 7) is 0.173. The first-order chi connectivity index (χ1) is 10.6. The maximum Gasteiger partial charge on any atom is 0.413 e. The van der Waals surface area contributed by atoms with Crippen LogP contribution in [0, 0.1) is 0 Å². The first-order valence-electron chi connectivity index (χ1n) is 6.48. The highest BCUT2D eigenvalue weighted by atomic mass is 16.5. The van der Waals surface area contributed by atoms with Gasteiger partial charge in [-0.1, -0.05) is 30.3 Å². The molecule has 0 saturated heterocycles. The third-order valence-corrected chi connectivity index (χ3v) is 2.65. The summed E-state index contributed by atoms with van der Waals surface area (Å²) in [5.74, 6) is -0.711. The Morgan fingerprint density at radius 2 is 1.95 bits per heavy atom. The molecule has 0 bridgehead atoms. The number of hydrogen-bond donors (Lipinski definition) is 2. The predicted octanol–water partition coefficient (Wildman–Crippen LogP) is 2.93. The highest BCUT2D eigenvalue weighted by Crippen LogP contribution is 2.08. The highest BCUT2D eigenvalue weighted by molar-refractivity contribution is 5.85. The summed E-state index contributed by atoms with van der Waals surface area (Å²) in [4.78, 5) is 26.0. The number of aliphatic carboxylic acids is 1. The van der Waals surface area contributed by atoms with E-state index in [9.17, 15) is 9.59 Å². The van der Waals surface area contributed by atoms with Crippen molar-refractivity contribution >= 4 is 24.0 Å². The standard InChI is InChI=1S/C16H14N2O4/c19-15(20)9-7-12-6-8-14(17-10-12)18-16(21)22-11-13-4-2-1-3-5-13/h1-10H,11H2,(H,19,20)(H,17,18,21)/b9-7+. The van der Waals surface area contributed by atoms with Gasteiger partial charge in [0.1, 0.15) is 12.4 Å². The van der Waals surface area contributed by atoms with Gasteiger partial charge in [0.15, 0.2) is 0 Å². The Labute approximate surface area is 127 Å². The lowest BCUT2D eigenvalue weighted by Crippen LogP contribution is -2.14. The number of benzene rings is 1. The molecule has 2 aromatic rings. The van der Waals surface area contributed by atoms with E-state index in [1.807, 2.05) is 30.3 Å². The topological polar surface area (TPSA) is 88.5 Å². The average Bonchev–Trinajstić information content (AvgIpc) is 2.53. The van der Waals surface area contributed by atoms with Crippen molar-refractivity contribution in [1.29, 1.82) is 0 Å². The van der Waals surface area contributed by atoms with Gasteiger partial charge >= 0.3 is 12.1 Å². The molecular weight excluding hydrogens is 284 g/mol. The average molecular weight is 298 g/mol. The number of carbonyl (C=O) groups is 2. The van der Waals surface area contributed by atoms with Gasteiger partial charge in [0.2, 0.25) is 0 Å². The fourth-order valence-electron chi connectivity index (χ4n) is 1.61. The summed E-state index contributed by atoms with van der Waals surface area (Å²) in [5, 5.41) is 11.0. The molecule has 22 heavy (non-hydrogen) atoms. The molecule has 6 heteroatoms. The maximum atomic E-state index is 11.6. The van der Waals surface area contributed by atoms with Crippen LogP contribution in [0.2, 0.25) is 0 Å². The monoisotopic (exact) mass is 298 g/mol. The first kappa shape index (κ1) is 15.2. The van der Waals surface area contributed by atoms with Crippen LogP contribution < -0.4 is 5.32 Å². The predicted molar refractivity (Wildman–Crippen MR) is 81.2 cm³/mol. The van der Waals surface area contributed by atoms with Gasteiger partial charge in [-0.3, -0.25) is 5.32 Å².